The monoisotopic (exact) mass is 467 g/mol. The molecule has 0 heterocycles. The van der Waals surface area contributed by atoms with Crippen molar-refractivity contribution in [2.75, 3.05) is 25.0 Å². The number of carbonyl (C=O) groups excluding carboxylic acids is 2. The van der Waals surface area contributed by atoms with E-state index in [1.165, 1.54) is 10.4 Å². The SMILES string of the molecule is CCN(CC)S(=O)(=O)c1cc(NC(=O)CCNC(=O)c2ccc3ccccc3c2)ccc1C. The van der Waals surface area contributed by atoms with Crippen molar-refractivity contribution in [2.45, 2.75) is 32.1 Å². The minimum absolute atomic E-state index is 0.0608. The summed E-state index contributed by atoms with van der Waals surface area (Å²) in [4.78, 5) is 25.0. The van der Waals surface area contributed by atoms with E-state index >= 15 is 0 Å². The highest BCUT2D eigenvalue weighted by Crippen LogP contribution is 2.23. The Labute approximate surface area is 194 Å². The van der Waals surface area contributed by atoms with Crippen LogP contribution in [0.15, 0.2) is 65.6 Å². The smallest absolute Gasteiger partial charge is 0.251 e. The van der Waals surface area contributed by atoms with E-state index < -0.39 is 10.0 Å². The van der Waals surface area contributed by atoms with Crippen LogP contribution in [0.4, 0.5) is 5.69 Å². The molecule has 0 fully saturated rings. The zero-order valence-corrected chi connectivity index (χ0v) is 19.9. The fourth-order valence-electron chi connectivity index (χ4n) is 3.60. The summed E-state index contributed by atoms with van der Waals surface area (Å²) in [5.41, 5.74) is 1.54. The van der Waals surface area contributed by atoms with Crippen LogP contribution >= 0.6 is 0 Å². The van der Waals surface area contributed by atoms with Crippen molar-refractivity contribution in [3.05, 3.63) is 71.8 Å². The van der Waals surface area contributed by atoms with E-state index in [2.05, 4.69) is 10.6 Å². The van der Waals surface area contributed by atoms with Gasteiger partial charge >= 0.3 is 0 Å². The van der Waals surface area contributed by atoms with Crippen molar-refractivity contribution in [1.82, 2.24) is 9.62 Å². The molecule has 0 unspecified atom stereocenters. The lowest BCUT2D eigenvalue weighted by Gasteiger charge is -2.20. The Balaban J connectivity index is 1.60. The number of sulfonamides is 1. The van der Waals surface area contributed by atoms with E-state index in [-0.39, 0.29) is 29.7 Å². The van der Waals surface area contributed by atoms with E-state index in [1.54, 1.807) is 39.0 Å². The average Bonchev–Trinajstić information content (AvgIpc) is 2.80. The molecule has 3 aromatic carbocycles. The number of carbonyl (C=O) groups is 2. The highest BCUT2D eigenvalue weighted by atomic mass is 32.2. The summed E-state index contributed by atoms with van der Waals surface area (Å²) in [7, 11) is -3.64. The molecular weight excluding hydrogens is 438 g/mol. The lowest BCUT2D eigenvalue weighted by molar-refractivity contribution is -0.116. The summed E-state index contributed by atoms with van der Waals surface area (Å²) in [5, 5.41) is 7.49. The highest BCUT2D eigenvalue weighted by Gasteiger charge is 2.24. The molecule has 0 bridgehead atoms. The Bertz CT molecular complexity index is 1270. The third-order valence-electron chi connectivity index (χ3n) is 5.44. The summed E-state index contributed by atoms with van der Waals surface area (Å²) in [5.74, 6) is -0.569. The first-order valence-electron chi connectivity index (χ1n) is 10.9. The molecule has 0 atom stereocenters. The summed E-state index contributed by atoms with van der Waals surface area (Å²) in [6.07, 6.45) is 0.0608. The van der Waals surface area contributed by atoms with Crippen LogP contribution in [-0.4, -0.2) is 44.2 Å². The molecule has 2 amide bonds. The van der Waals surface area contributed by atoms with Crippen LogP contribution in [0.3, 0.4) is 0 Å². The molecule has 0 radical (unpaired) electrons. The molecule has 0 saturated carbocycles. The van der Waals surface area contributed by atoms with E-state index in [4.69, 9.17) is 0 Å². The van der Waals surface area contributed by atoms with Gasteiger partial charge in [0, 0.05) is 37.3 Å². The maximum absolute atomic E-state index is 12.9. The first kappa shape index (κ1) is 24.4. The summed E-state index contributed by atoms with van der Waals surface area (Å²) >= 11 is 0. The standard InChI is InChI=1S/C25H29N3O4S/c1-4-28(5-2)33(31,32)23-17-22(13-10-18(23)3)27-24(29)14-15-26-25(30)21-12-11-19-8-6-7-9-20(19)16-21/h6-13,16-17H,4-5,14-15H2,1-3H3,(H,26,30)(H,27,29). The predicted octanol–water partition coefficient (Wildman–Crippen LogP) is 3.94. The average molecular weight is 468 g/mol. The molecule has 3 aromatic rings. The largest absolute Gasteiger partial charge is 0.352 e. The van der Waals surface area contributed by atoms with Crippen molar-refractivity contribution in [3.63, 3.8) is 0 Å². The second kappa shape index (κ2) is 10.6. The molecule has 7 nitrogen and oxygen atoms in total. The van der Waals surface area contributed by atoms with Gasteiger partial charge in [0.15, 0.2) is 0 Å². The van der Waals surface area contributed by atoms with Crippen molar-refractivity contribution in [3.8, 4) is 0 Å². The van der Waals surface area contributed by atoms with Gasteiger partial charge in [0.2, 0.25) is 15.9 Å². The molecule has 0 aromatic heterocycles. The number of nitrogens with zero attached hydrogens (tertiary/aromatic N) is 1. The predicted molar refractivity (Wildman–Crippen MR) is 131 cm³/mol. The van der Waals surface area contributed by atoms with Crippen LogP contribution in [0.5, 0.6) is 0 Å². The summed E-state index contributed by atoms with van der Waals surface area (Å²) in [6.45, 7) is 6.19. The van der Waals surface area contributed by atoms with Crippen LogP contribution < -0.4 is 10.6 Å². The maximum Gasteiger partial charge on any atom is 0.251 e. The van der Waals surface area contributed by atoms with E-state index in [1.807, 2.05) is 36.4 Å². The first-order valence-corrected chi connectivity index (χ1v) is 12.4. The number of fused-ring (bicyclic) bond motifs is 1. The third-order valence-corrected chi connectivity index (χ3v) is 7.64. The fourth-order valence-corrected chi connectivity index (χ4v) is 5.31. The number of rotatable bonds is 9. The molecule has 8 heteroatoms. The van der Waals surface area contributed by atoms with Gasteiger partial charge in [0.1, 0.15) is 0 Å². The maximum atomic E-state index is 12.9. The van der Waals surface area contributed by atoms with Crippen molar-refractivity contribution in [2.24, 2.45) is 0 Å². The Morgan fingerprint density at radius 3 is 2.30 bits per heavy atom. The van der Waals surface area contributed by atoms with E-state index in [9.17, 15) is 18.0 Å². The number of hydrogen-bond acceptors (Lipinski definition) is 4. The molecular formula is C25H29N3O4S. The van der Waals surface area contributed by atoms with Gasteiger partial charge in [-0.05, 0) is 47.5 Å². The molecule has 174 valence electrons. The molecule has 3 rings (SSSR count). The number of benzene rings is 3. The lowest BCUT2D eigenvalue weighted by Crippen LogP contribution is -2.31. The van der Waals surface area contributed by atoms with Crippen LogP contribution in [0, 0.1) is 6.92 Å². The van der Waals surface area contributed by atoms with Gasteiger partial charge in [0.25, 0.3) is 5.91 Å². The number of amides is 2. The first-order chi connectivity index (χ1) is 15.8. The Hall–Kier alpha value is -3.23. The van der Waals surface area contributed by atoms with Gasteiger partial charge in [-0.3, -0.25) is 9.59 Å². The van der Waals surface area contributed by atoms with Crippen molar-refractivity contribution in [1.29, 1.82) is 0 Å². The molecule has 0 aliphatic rings. The van der Waals surface area contributed by atoms with Crippen LogP contribution in [0.1, 0.15) is 36.2 Å². The Morgan fingerprint density at radius 2 is 1.61 bits per heavy atom. The Kier molecular flexibility index (Phi) is 7.84. The lowest BCUT2D eigenvalue weighted by atomic mass is 10.1. The summed E-state index contributed by atoms with van der Waals surface area (Å²) < 4.78 is 27.1. The Morgan fingerprint density at radius 1 is 0.909 bits per heavy atom. The molecule has 0 aliphatic carbocycles. The normalized spacial score (nSPS) is 11.5. The zero-order valence-electron chi connectivity index (χ0n) is 19.1. The van der Waals surface area contributed by atoms with Gasteiger partial charge in [-0.1, -0.05) is 50.2 Å². The van der Waals surface area contributed by atoms with Gasteiger partial charge in [-0.25, -0.2) is 8.42 Å². The van der Waals surface area contributed by atoms with Gasteiger partial charge in [0.05, 0.1) is 4.90 Å². The topological polar surface area (TPSA) is 95.6 Å². The fraction of sp³-hybridized carbons (Fsp3) is 0.280. The molecule has 2 N–H and O–H groups in total. The highest BCUT2D eigenvalue weighted by molar-refractivity contribution is 7.89. The number of hydrogen-bond donors (Lipinski definition) is 2. The zero-order chi connectivity index (χ0) is 24.0. The number of aryl methyl sites for hydroxylation is 1. The minimum Gasteiger partial charge on any atom is -0.352 e. The quantitative estimate of drug-likeness (QED) is 0.498. The third kappa shape index (κ3) is 5.77. The molecule has 0 aliphatic heterocycles. The van der Waals surface area contributed by atoms with Crippen molar-refractivity contribution >= 4 is 38.3 Å². The van der Waals surface area contributed by atoms with Crippen LogP contribution in [-0.2, 0) is 14.8 Å². The van der Waals surface area contributed by atoms with E-state index in [0.717, 1.165) is 10.8 Å². The van der Waals surface area contributed by atoms with Crippen LogP contribution in [0.2, 0.25) is 0 Å². The minimum atomic E-state index is -3.64. The molecule has 0 spiro atoms. The van der Waals surface area contributed by atoms with Crippen molar-refractivity contribution < 1.29 is 18.0 Å². The van der Waals surface area contributed by atoms with Gasteiger partial charge in [-0.15, -0.1) is 0 Å². The van der Waals surface area contributed by atoms with Crippen LogP contribution in [0.25, 0.3) is 10.8 Å². The van der Waals surface area contributed by atoms with Gasteiger partial charge in [-0.2, -0.15) is 4.31 Å². The van der Waals surface area contributed by atoms with Gasteiger partial charge < -0.3 is 10.6 Å². The molecule has 0 saturated heterocycles. The number of anilines is 1. The van der Waals surface area contributed by atoms with E-state index in [0.29, 0.717) is 29.9 Å². The second-order valence-electron chi connectivity index (χ2n) is 7.69. The second-order valence-corrected chi connectivity index (χ2v) is 9.59. The molecule has 33 heavy (non-hydrogen) atoms. The number of nitrogens with one attached hydrogen (secondary N) is 2. The summed E-state index contributed by atoms with van der Waals surface area (Å²) in [6, 6.07) is 18.1.